The van der Waals surface area contributed by atoms with Crippen LogP contribution in [0.3, 0.4) is 0 Å². The van der Waals surface area contributed by atoms with Crippen molar-refractivity contribution >= 4 is 5.69 Å². The Morgan fingerprint density at radius 1 is 1.41 bits per heavy atom. The van der Waals surface area contributed by atoms with Gasteiger partial charge in [-0.3, -0.25) is 0 Å². The lowest BCUT2D eigenvalue weighted by Crippen LogP contribution is -2.22. The molecule has 2 rings (SSSR count). The highest BCUT2D eigenvalue weighted by Gasteiger charge is 2.26. The predicted octanol–water partition coefficient (Wildman–Crippen LogP) is 3.35. The molecule has 0 radical (unpaired) electrons. The van der Waals surface area contributed by atoms with Crippen LogP contribution in [0.25, 0.3) is 0 Å². The third-order valence-electron chi connectivity index (χ3n) is 3.78. The van der Waals surface area contributed by atoms with Gasteiger partial charge >= 0.3 is 0 Å². The van der Waals surface area contributed by atoms with Crippen molar-refractivity contribution in [1.82, 2.24) is 0 Å². The molecule has 0 saturated carbocycles. The summed E-state index contributed by atoms with van der Waals surface area (Å²) in [5, 5.41) is 9.17. The van der Waals surface area contributed by atoms with Gasteiger partial charge in [-0.25, -0.2) is 0 Å². The molecule has 90 valence electrons. The second kappa shape index (κ2) is 4.79. The lowest BCUT2D eigenvalue weighted by Gasteiger charge is -2.21. The lowest BCUT2D eigenvalue weighted by atomic mass is 9.95. The summed E-state index contributed by atoms with van der Waals surface area (Å²) in [5.74, 6) is 1.50. The van der Waals surface area contributed by atoms with Gasteiger partial charge in [-0.2, -0.15) is 5.26 Å². The molecule has 0 spiro atoms. The molecule has 1 fully saturated rings. The van der Waals surface area contributed by atoms with E-state index in [1.165, 1.54) is 12.0 Å². The third kappa shape index (κ3) is 2.44. The van der Waals surface area contributed by atoms with Crippen LogP contribution < -0.4 is 4.90 Å². The molecule has 0 bridgehead atoms. The van der Waals surface area contributed by atoms with Gasteiger partial charge in [-0.1, -0.05) is 19.9 Å². The normalized spacial score (nSPS) is 19.7. The zero-order valence-electron chi connectivity index (χ0n) is 10.9. The molecule has 2 heteroatoms. The topological polar surface area (TPSA) is 27.0 Å². The van der Waals surface area contributed by atoms with E-state index in [1.807, 2.05) is 12.1 Å². The minimum absolute atomic E-state index is 0.732. The fourth-order valence-corrected chi connectivity index (χ4v) is 2.55. The lowest BCUT2D eigenvalue weighted by molar-refractivity contribution is 0.423. The van der Waals surface area contributed by atoms with Gasteiger partial charge in [0, 0.05) is 13.1 Å². The summed E-state index contributed by atoms with van der Waals surface area (Å²) in [5.41, 5.74) is 3.16. The van der Waals surface area contributed by atoms with Gasteiger partial charge in [0.2, 0.25) is 0 Å². The van der Waals surface area contributed by atoms with Crippen molar-refractivity contribution in [2.45, 2.75) is 27.2 Å². The monoisotopic (exact) mass is 228 g/mol. The van der Waals surface area contributed by atoms with E-state index in [9.17, 15) is 0 Å². The standard InChI is InChI=1S/C15H20N2/c1-11(2)14-6-7-17(10-14)15-8-12(3)4-5-13(15)9-16/h4-5,8,11,14H,6-7,10H2,1-3H3. The molecule has 0 aromatic heterocycles. The summed E-state index contributed by atoms with van der Waals surface area (Å²) in [6.45, 7) is 8.84. The van der Waals surface area contributed by atoms with Crippen molar-refractivity contribution in [3.05, 3.63) is 29.3 Å². The highest BCUT2D eigenvalue weighted by molar-refractivity contribution is 5.61. The van der Waals surface area contributed by atoms with Gasteiger partial charge in [-0.05, 0) is 42.9 Å². The Bertz CT molecular complexity index is 443. The van der Waals surface area contributed by atoms with Gasteiger partial charge in [0.1, 0.15) is 6.07 Å². The van der Waals surface area contributed by atoms with Gasteiger partial charge in [0.05, 0.1) is 11.3 Å². The smallest absolute Gasteiger partial charge is 0.101 e. The number of hydrogen-bond acceptors (Lipinski definition) is 2. The number of benzene rings is 1. The van der Waals surface area contributed by atoms with Crippen molar-refractivity contribution in [2.75, 3.05) is 18.0 Å². The molecule has 1 aliphatic heterocycles. The van der Waals surface area contributed by atoms with Crippen LogP contribution >= 0.6 is 0 Å². The first-order valence-corrected chi connectivity index (χ1v) is 6.37. The molecule has 2 nitrogen and oxygen atoms in total. The summed E-state index contributed by atoms with van der Waals surface area (Å²) in [7, 11) is 0. The Morgan fingerprint density at radius 2 is 2.18 bits per heavy atom. The molecule has 17 heavy (non-hydrogen) atoms. The van der Waals surface area contributed by atoms with E-state index >= 15 is 0 Å². The van der Waals surface area contributed by atoms with Crippen LogP contribution in [0.4, 0.5) is 5.69 Å². The molecule has 1 aliphatic rings. The number of rotatable bonds is 2. The summed E-state index contributed by atoms with van der Waals surface area (Å²) in [6.07, 6.45) is 1.25. The number of nitriles is 1. The van der Waals surface area contributed by atoms with Gasteiger partial charge in [-0.15, -0.1) is 0 Å². The van der Waals surface area contributed by atoms with Crippen LogP contribution in [0.2, 0.25) is 0 Å². The van der Waals surface area contributed by atoms with E-state index in [0.717, 1.165) is 36.2 Å². The molecular weight excluding hydrogens is 208 g/mol. The minimum atomic E-state index is 0.732. The maximum atomic E-state index is 9.17. The fraction of sp³-hybridized carbons (Fsp3) is 0.533. The van der Waals surface area contributed by atoms with Crippen LogP contribution in [0, 0.1) is 30.1 Å². The molecule has 1 atom stereocenters. The molecule has 1 aromatic rings. The maximum Gasteiger partial charge on any atom is 0.101 e. The van der Waals surface area contributed by atoms with Crippen LogP contribution in [0.1, 0.15) is 31.4 Å². The average molecular weight is 228 g/mol. The molecule has 0 N–H and O–H groups in total. The quantitative estimate of drug-likeness (QED) is 0.776. The van der Waals surface area contributed by atoms with Crippen LogP contribution in [0.5, 0.6) is 0 Å². The maximum absolute atomic E-state index is 9.17. The first kappa shape index (κ1) is 12.0. The van der Waals surface area contributed by atoms with Crippen molar-refractivity contribution in [3.63, 3.8) is 0 Å². The molecule has 1 heterocycles. The molecule has 0 amide bonds. The molecule has 1 unspecified atom stereocenters. The highest BCUT2D eigenvalue weighted by Crippen LogP contribution is 2.30. The first-order chi connectivity index (χ1) is 8.11. The Balaban J connectivity index is 2.24. The Kier molecular flexibility index (Phi) is 3.38. The third-order valence-corrected chi connectivity index (χ3v) is 3.78. The Labute approximate surface area is 104 Å². The average Bonchev–Trinajstić information content (AvgIpc) is 2.78. The Hall–Kier alpha value is -1.49. The van der Waals surface area contributed by atoms with Gasteiger partial charge in [0.15, 0.2) is 0 Å². The van der Waals surface area contributed by atoms with Crippen molar-refractivity contribution < 1.29 is 0 Å². The van der Waals surface area contributed by atoms with E-state index in [0.29, 0.717) is 0 Å². The highest BCUT2D eigenvalue weighted by atomic mass is 15.2. The van der Waals surface area contributed by atoms with E-state index in [4.69, 9.17) is 5.26 Å². The number of anilines is 1. The SMILES string of the molecule is Cc1ccc(C#N)c(N2CCC(C(C)C)C2)c1. The fourth-order valence-electron chi connectivity index (χ4n) is 2.55. The molecule has 0 aliphatic carbocycles. The summed E-state index contributed by atoms with van der Waals surface area (Å²) >= 11 is 0. The summed E-state index contributed by atoms with van der Waals surface area (Å²) in [6, 6.07) is 8.39. The van der Waals surface area contributed by atoms with Gasteiger partial charge < -0.3 is 4.90 Å². The largest absolute Gasteiger partial charge is 0.370 e. The van der Waals surface area contributed by atoms with Crippen molar-refractivity contribution in [3.8, 4) is 6.07 Å². The summed E-state index contributed by atoms with van der Waals surface area (Å²) < 4.78 is 0. The predicted molar refractivity (Wildman–Crippen MR) is 71.1 cm³/mol. The molecule has 1 saturated heterocycles. The van der Waals surface area contributed by atoms with E-state index < -0.39 is 0 Å². The second-order valence-electron chi connectivity index (χ2n) is 5.37. The van der Waals surface area contributed by atoms with E-state index in [1.54, 1.807) is 0 Å². The van der Waals surface area contributed by atoms with E-state index in [2.05, 4.69) is 37.8 Å². The first-order valence-electron chi connectivity index (χ1n) is 6.37. The van der Waals surface area contributed by atoms with Crippen LogP contribution in [0.15, 0.2) is 18.2 Å². The molecular formula is C15H20N2. The van der Waals surface area contributed by atoms with Crippen LogP contribution in [-0.2, 0) is 0 Å². The van der Waals surface area contributed by atoms with Crippen molar-refractivity contribution in [2.24, 2.45) is 11.8 Å². The van der Waals surface area contributed by atoms with E-state index in [-0.39, 0.29) is 0 Å². The Morgan fingerprint density at radius 3 is 2.76 bits per heavy atom. The van der Waals surface area contributed by atoms with Gasteiger partial charge in [0.25, 0.3) is 0 Å². The number of aryl methyl sites for hydroxylation is 1. The van der Waals surface area contributed by atoms with Crippen molar-refractivity contribution in [1.29, 1.82) is 5.26 Å². The second-order valence-corrected chi connectivity index (χ2v) is 5.37. The zero-order chi connectivity index (χ0) is 12.4. The zero-order valence-corrected chi connectivity index (χ0v) is 10.9. The number of hydrogen-bond donors (Lipinski definition) is 0. The number of nitrogens with zero attached hydrogens (tertiary/aromatic N) is 2. The van der Waals surface area contributed by atoms with Crippen LogP contribution in [-0.4, -0.2) is 13.1 Å². The molecule has 1 aromatic carbocycles. The summed E-state index contributed by atoms with van der Waals surface area (Å²) in [4.78, 5) is 2.37. The minimum Gasteiger partial charge on any atom is -0.370 e.